The molecule has 1 atom stereocenters. The highest BCUT2D eigenvalue weighted by Crippen LogP contribution is 2.35. The van der Waals surface area contributed by atoms with E-state index in [4.69, 9.17) is 9.72 Å². The first-order chi connectivity index (χ1) is 17.5. The van der Waals surface area contributed by atoms with Crippen LogP contribution in [0.5, 0.6) is 0 Å². The Balaban J connectivity index is 1.28. The van der Waals surface area contributed by atoms with Crippen LogP contribution in [0.1, 0.15) is 28.8 Å². The van der Waals surface area contributed by atoms with Crippen LogP contribution >= 0.6 is 0 Å². The zero-order valence-electron chi connectivity index (χ0n) is 19.9. The van der Waals surface area contributed by atoms with Crippen molar-refractivity contribution in [2.75, 3.05) is 31.2 Å². The molecule has 184 valence electrons. The van der Waals surface area contributed by atoms with Crippen molar-refractivity contribution in [1.29, 1.82) is 0 Å². The molecule has 3 aliphatic heterocycles. The molecule has 0 bridgehead atoms. The quantitative estimate of drug-likeness (QED) is 0.560. The van der Waals surface area contributed by atoms with Crippen molar-refractivity contribution in [3.8, 4) is 22.5 Å². The van der Waals surface area contributed by atoms with Crippen LogP contribution in [-0.2, 0) is 27.9 Å². The topological polar surface area (TPSA) is 110 Å². The number of ether oxygens (including phenoxy) is 1. The summed E-state index contributed by atoms with van der Waals surface area (Å²) < 4.78 is 7.40. The molecule has 6 rings (SSSR count). The molecule has 5 heterocycles. The average Bonchev–Trinajstić information content (AvgIpc) is 3.44. The van der Waals surface area contributed by atoms with E-state index in [-0.39, 0.29) is 18.2 Å². The standard InChI is InChI=1S/C26H26N6O4/c1-30-15-28-23(24(30)17-3-6-21(27-13-17)31-8-10-36-11-9-31)16-2-4-19-18(12-16)14-32(26(19)35)20-5-7-22(33)29-25(20)34/h2-4,6,12-13,15,20H,5,7-11,14H2,1H3,(H,29,33,34). The SMILES string of the molecule is Cn1cnc(-c2ccc3c(c2)CN(C2CCC(=O)NC2=O)C3=O)c1-c1ccc(N2CCOCC2)nc1. The molecule has 2 fully saturated rings. The number of fused-ring (bicyclic) bond motifs is 1. The molecule has 10 nitrogen and oxygen atoms in total. The number of imide groups is 1. The highest BCUT2D eigenvalue weighted by Gasteiger charge is 2.39. The van der Waals surface area contributed by atoms with Crippen molar-refractivity contribution in [3.05, 3.63) is 54.0 Å². The van der Waals surface area contributed by atoms with E-state index in [0.29, 0.717) is 31.7 Å². The van der Waals surface area contributed by atoms with Gasteiger partial charge in [0.05, 0.1) is 30.9 Å². The largest absolute Gasteiger partial charge is 0.378 e. The van der Waals surface area contributed by atoms with Crippen molar-refractivity contribution in [2.45, 2.75) is 25.4 Å². The maximum atomic E-state index is 13.0. The minimum Gasteiger partial charge on any atom is -0.378 e. The number of nitrogens with zero attached hydrogens (tertiary/aromatic N) is 5. The fourth-order valence-corrected chi connectivity index (χ4v) is 5.21. The van der Waals surface area contributed by atoms with Gasteiger partial charge in [-0.05, 0) is 36.2 Å². The first-order valence-corrected chi connectivity index (χ1v) is 12.1. The van der Waals surface area contributed by atoms with E-state index in [1.54, 1.807) is 17.3 Å². The number of imidazole rings is 1. The zero-order chi connectivity index (χ0) is 24.8. The summed E-state index contributed by atoms with van der Waals surface area (Å²) in [5.74, 6) is 0.0380. The van der Waals surface area contributed by atoms with Crippen LogP contribution in [0.25, 0.3) is 22.5 Å². The Morgan fingerprint density at radius 2 is 1.83 bits per heavy atom. The molecule has 1 aromatic carbocycles. The predicted octanol–water partition coefficient (Wildman–Crippen LogP) is 1.75. The van der Waals surface area contributed by atoms with Gasteiger partial charge in [-0.1, -0.05) is 6.07 Å². The number of morpholine rings is 1. The van der Waals surface area contributed by atoms with Gasteiger partial charge in [0.25, 0.3) is 5.91 Å². The highest BCUT2D eigenvalue weighted by molar-refractivity contribution is 6.05. The van der Waals surface area contributed by atoms with E-state index < -0.39 is 11.9 Å². The van der Waals surface area contributed by atoms with Crippen LogP contribution in [0.15, 0.2) is 42.9 Å². The number of hydrogen-bond donors (Lipinski definition) is 1. The van der Waals surface area contributed by atoms with Crippen LogP contribution in [-0.4, -0.2) is 69.5 Å². The molecular formula is C26H26N6O4. The van der Waals surface area contributed by atoms with Gasteiger partial charge in [0.15, 0.2) is 0 Å². The predicted molar refractivity (Wildman–Crippen MR) is 131 cm³/mol. The Labute approximate surface area is 207 Å². The van der Waals surface area contributed by atoms with Crippen molar-refractivity contribution in [3.63, 3.8) is 0 Å². The summed E-state index contributed by atoms with van der Waals surface area (Å²) in [5, 5.41) is 2.34. The summed E-state index contributed by atoms with van der Waals surface area (Å²) in [6.45, 7) is 3.39. The number of carbonyl (C=O) groups excluding carboxylic acids is 3. The lowest BCUT2D eigenvalue weighted by Gasteiger charge is -2.29. The molecule has 2 saturated heterocycles. The van der Waals surface area contributed by atoms with Gasteiger partial charge in [0.2, 0.25) is 11.8 Å². The minimum absolute atomic E-state index is 0.185. The molecule has 0 saturated carbocycles. The smallest absolute Gasteiger partial charge is 0.255 e. The van der Waals surface area contributed by atoms with Gasteiger partial charge in [-0.25, -0.2) is 9.97 Å². The van der Waals surface area contributed by atoms with E-state index in [1.807, 2.05) is 36.0 Å². The van der Waals surface area contributed by atoms with E-state index in [9.17, 15) is 14.4 Å². The lowest BCUT2D eigenvalue weighted by molar-refractivity contribution is -0.136. The number of anilines is 1. The van der Waals surface area contributed by atoms with E-state index in [1.165, 1.54) is 0 Å². The van der Waals surface area contributed by atoms with Crippen molar-refractivity contribution in [2.24, 2.45) is 7.05 Å². The van der Waals surface area contributed by atoms with Crippen molar-refractivity contribution >= 4 is 23.5 Å². The number of benzene rings is 1. The molecular weight excluding hydrogens is 460 g/mol. The van der Waals surface area contributed by atoms with E-state index in [0.717, 1.165) is 47.0 Å². The summed E-state index contributed by atoms with van der Waals surface area (Å²) in [5.41, 5.74) is 5.00. The number of amides is 3. The van der Waals surface area contributed by atoms with Crippen LogP contribution < -0.4 is 10.2 Å². The molecule has 36 heavy (non-hydrogen) atoms. The second kappa shape index (κ2) is 8.87. The third kappa shape index (κ3) is 3.83. The van der Waals surface area contributed by atoms with Gasteiger partial charge >= 0.3 is 0 Å². The first kappa shape index (κ1) is 22.4. The Hall–Kier alpha value is -4.05. The molecule has 0 radical (unpaired) electrons. The number of hydrogen-bond acceptors (Lipinski definition) is 7. The normalized spacial score (nSPS) is 20.0. The highest BCUT2D eigenvalue weighted by atomic mass is 16.5. The molecule has 3 aliphatic rings. The Morgan fingerprint density at radius 1 is 1.03 bits per heavy atom. The first-order valence-electron chi connectivity index (χ1n) is 12.1. The molecule has 3 aromatic rings. The number of nitrogens with one attached hydrogen (secondary N) is 1. The number of aryl methyl sites for hydroxylation is 1. The Bertz CT molecular complexity index is 1360. The summed E-state index contributed by atoms with van der Waals surface area (Å²) >= 11 is 0. The summed E-state index contributed by atoms with van der Waals surface area (Å²) in [6.07, 6.45) is 4.22. The van der Waals surface area contributed by atoms with E-state index in [2.05, 4.69) is 21.3 Å². The van der Waals surface area contributed by atoms with Gasteiger partial charge in [-0.3, -0.25) is 19.7 Å². The molecule has 3 amide bonds. The van der Waals surface area contributed by atoms with Crippen LogP contribution in [0.2, 0.25) is 0 Å². The summed E-state index contributed by atoms with van der Waals surface area (Å²) in [4.78, 5) is 50.0. The van der Waals surface area contributed by atoms with E-state index >= 15 is 0 Å². The number of piperidine rings is 1. The fourth-order valence-electron chi connectivity index (χ4n) is 5.21. The molecule has 2 aromatic heterocycles. The summed E-state index contributed by atoms with van der Waals surface area (Å²) in [6, 6.07) is 9.12. The fraction of sp³-hybridized carbons (Fsp3) is 0.346. The monoisotopic (exact) mass is 486 g/mol. The maximum Gasteiger partial charge on any atom is 0.255 e. The second-order valence-electron chi connectivity index (χ2n) is 9.33. The number of aromatic nitrogens is 3. The zero-order valence-corrected chi connectivity index (χ0v) is 19.9. The minimum atomic E-state index is -0.632. The number of rotatable bonds is 4. The number of pyridine rings is 1. The number of carbonyl (C=O) groups is 3. The van der Waals surface area contributed by atoms with Gasteiger partial charge in [-0.2, -0.15) is 0 Å². The maximum absolute atomic E-state index is 13.0. The third-order valence-corrected chi connectivity index (χ3v) is 7.09. The third-order valence-electron chi connectivity index (χ3n) is 7.09. The van der Waals surface area contributed by atoms with Gasteiger partial charge in [0, 0.05) is 56.0 Å². The average molecular weight is 487 g/mol. The molecule has 0 aliphatic carbocycles. The van der Waals surface area contributed by atoms with Gasteiger partial charge in [0.1, 0.15) is 11.9 Å². The van der Waals surface area contributed by atoms with Crippen molar-refractivity contribution in [1.82, 2.24) is 24.8 Å². The lowest BCUT2D eigenvalue weighted by Crippen LogP contribution is -2.52. The Morgan fingerprint density at radius 3 is 2.58 bits per heavy atom. The van der Waals surface area contributed by atoms with Crippen molar-refractivity contribution < 1.29 is 19.1 Å². The van der Waals surface area contributed by atoms with Gasteiger partial charge in [-0.15, -0.1) is 0 Å². The molecule has 10 heteroatoms. The molecule has 0 spiro atoms. The van der Waals surface area contributed by atoms with Crippen LogP contribution in [0.3, 0.4) is 0 Å². The lowest BCUT2D eigenvalue weighted by atomic mass is 10.0. The van der Waals surface area contributed by atoms with Crippen LogP contribution in [0.4, 0.5) is 5.82 Å². The molecule has 1 N–H and O–H groups in total. The van der Waals surface area contributed by atoms with Gasteiger partial charge < -0.3 is 19.1 Å². The Kier molecular flexibility index (Phi) is 5.52. The summed E-state index contributed by atoms with van der Waals surface area (Å²) in [7, 11) is 1.95. The molecule has 1 unspecified atom stereocenters. The van der Waals surface area contributed by atoms with Crippen LogP contribution in [0, 0.1) is 0 Å². The second-order valence-corrected chi connectivity index (χ2v) is 9.33.